The largest absolute Gasteiger partial charge is 0.482 e. The van der Waals surface area contributed by atoms with Crippen LogP contribution in [0.15, 0.2) is 34.8 Å². The van der Waals surface area contributed by atoms with Gasteiger partial charge in [0.05, 0.1) is 18.4 Å². The zero-order chi connectivity index (χ0) is 22.5. The monoisotopic (exact) mass is 480 g/mol. The molecule has 2 heterocycles. The molecule has 0 saturated carbocycles. The topological polar surface area (TPSA) is 95.3 Å². The van der Waals surface area contributed by atoms with E-state index in [9.17, 15) is 9.59 Å². The third-order valence-corrected chi connectivity index (χ3v) is 6.41. The average Bonchev–Trinajstić information content (AvgIpc) is 3.34. The molecule has 0 spiro atoms. The number of benzene rings is 1. The lowest BCUT2D eigenvalue weighted by atomic mass is 10.2. The Morgan fingerprint density at radius 3 is 2.81 bits per heavy atom. The lowest BCUT2D eigenvalue weighted by Crippen LogP contribution is -2.16. The van der Waals surface area contributed by atoms with E-state index in [1.165, 1.54) is 30.2 Å². The van der Waals surface area contributed by atoms with Crippen LogP contribution in [-0.2, 0) is 16.6 Å². The second kappa shape index (κ2) is 10.2. The van der Waals surface area contributed by atoms with Crippen molar-refractivity contribution in [3.05, 3.63) is 51.6 Å². The second-order valence-electron chi connectivity index (χ2n) is 6.56. The first-order valence-corrected chi connectivity index (χ1v) is 11.4. The minimum absolute atomic E-state index is 0.107. The quantitative estimate of drug-likeness (QED) is 0.374. The number of halogens is 1. The molecule has 11 heteroatoms. The molecule has 3 rings (SSSR count). The molecule has 31 heavy (non-hydrogen) atoms. The van der Waals surface area contributed by atoms with Crippen molar-refractivity contribution in [2.75, 3.05) is 18.2 Å². The Labute approximate surface area is 192 Å². The van der Waals surface area contributed by atoms with Crippen molar-refractivity contribution in [3.8, 4) is 5.75 Å². The highest BCUT2D eigenvalue weighted by Crippen LogP contribution is 2.28. The summed E-state index contributed by atoms with van der Waals surface area (Å²) >= 11 is 8.49. The molecule has 1 amide bonds. The number of thioether (sulfide) groups is 1. The number of hydrogen-bond acceptors (Lipinski definition) is 8. The number of thiophene rings is 1. The fourth-order valence-electron chi connectivity index (χ4n) is 2.76. The molecule has 1 unspecified atom stereocenters. The van der Waals surface area contributed by atoms with Gasteiger partial charge in [-0.1, -0.05) is 23.4 Å². The Morgan fingerprint density at radius 2 is 2.10 bits per heavy atom. The molecule has 1 aromatic carbocycles. The summed E-state index contributed by atoms with van der Waals surface area (Å²) in [7, 11) is 3.12. The van der Waals surface area contributed by atoms with Gasteiger partial charge in [0.1, 0.15) is 10.8 Å². The third-order valence-electron chi connectivity index (χ3n) is 4.33. The predicted molar refractivity (Wildman–Crippen MR) is 121 cm³/mol. The Hall–Kier alpha value is -2.56. The number of ether oxygens (including phenoxy) is 2. The first-order chi connectivity index (χ1) is 14.8. The molecule has 164 valence electrons. The van der Waals surface area contributed by atoms with Crippen LogP contribution in [0.3, 0.4) is 0 Å². The highest BCUT2D eigenvalue weighted by atomic mass is 35.5. The van der Waals surface area contributed by atoms with Gasteiger partial charge in [0.15, 0.2) is 17.1 Å². The Bertz CT molecular complexity index is 1100. The highest BCUT2D eigenvalue weighted by molar-refractivity contribution is 7.99. The molecule has 0 bridgehead atoms. The standard InChI is InChI=1S/C20H21ClN4O4S2/c1-11-9-13(21)5-6-15(11)29-12(2)17-23-24-20(25(17)3)31-10-16(26)22-18-14(7-8-30-18)19(27)28-4/h5-9,12H,10H2,1-4H3,(H,22,26). The Kier molecular flexibility index (Phi) is 7.58. The number of hydrogen-bond donors (Lipinski definition) is 1. The number of carbonyl (C=O) groups is 2. The highest BCUT2D eigenvalue weighted by Gasteiger charge is 2.20. The number of nitrogens with zero attached hydrogens (tertiary/aromatic N) is 3. The van der Waals surface area contributed by atoms with E-state index >= 15 is 0 Å². The number of aromatic nitrogens is 3. The number of anilines is 1. The van der Waals surface area contributed by atoms with E-state index in [2.05, 4.69) is 15.5 Å². The minimum atomic E-state index is -0.493. The third kappa shape index (κ3) is 5.57. The number of aryl methyl sites for hydroxylation is 1. The van der Waals surface area contributed by atoms with Gasteiger partial charge >= 0.3 is 5.97 Å². The molecular formula is C20H21ClN4O4S2. The summed E-state index contributed by atoms with van der Waals surface area (Å²) in [6.45, 7) is 3.80. The van der Waals surface area contributed by atoms with E-state index in [-0.39, 0.29) is 17.8 Å². The van der Waals surface area contributed by atoms with Crippen LogP contribution < -0.4 is 10.1 Å². The molecule has 1 N–H and O–H groups in total. The molecule has 0 aliphatic rings. The van der Waals surface area contributed by atoms with Crippen molar-refractivity contribution in [1.82, 2.24) is 14.8 Å². The lowest BCUT2D eigenvalue weighted by molar-refractivity contribution is -0.113. The van der Waals surface area contributed by atoms with Crippen LogP contribution in [0.2, 0.25) is 5.02 Å². The summed E-state index contributed by atoms with van der Waals surface area (Å²) in [5.41, 5.74) is 1.25. The van der Waals surface area contributed by atoms with Crippen molar-refractivity contribution >= 4 is 51.6 Å². The van der Waals surface area contributed by atoms with Gasteiger partial charge in [0, 0.05) is 12.1 Å². The summed E-state index contributed by atoms with van der Waals surface area (Å²) in [4.78, 5) is 24.1. The van der Waals surface area contributed by atoms with Gasteiger partial charge in [-0.25, -0.2) is 4.79 Å². The molecule has 3 aromatic rings. The summed E-state index contributed by atoms with van der Waals surface area (Å²) in [5, 5.41) is 14.5. The average molecular weight is 481 g/mol. The van der Waals surface area contributed by atoms with Gasteiger partial charge in [0.25, 0.3) is 0 Å². The van der Waals surface area contributed by atoms with Crippen molar-refractivity contribution in [1.29, 1.82) is 0 Å². The normalized spacial score (nSPS) is 11.8. The van der Waals surface area contributed by atoms with Crippen molar-refractivity contribution < 1.29 is 19.1 Å². The van der Waals surface area contributed by atoms with Crippen LogP contribution in [0, 0.1) is 6.92 Å². The Morgan fingerprint density at radius 1 is 1.32 bits per heavy atom. The van der Waals surface area contributed by atoms with E-state index in [1.807, 2.05) is 33.0 Å². The van der Waals surface area contributed by atoms with Crippen LogP contribution in [0.1, 0.15) is 34.8 Å². The Balaban J connectivity index is 1.60. The fraction of sp³-hybridized carbons (Fsp3) is 0.300. The zero-order valence-electron chi connectivity index (χ0n) is 17.3. The lowest BCUT2D eigenvalue weighted by Gasteiger charge is -2.16. The molecular weight excluding hydrogens is 460 g/mol. The number of nitrogens with one attached hydrogen (secondary N) is 1. The number of esters is 1. The first-order valence-electron chi connectivity index (χ1n) is 9.20. The van der Waals surface area contributed by atoms with Gasteiger partial charge < -0.3 is 19.4 Å². The summed E-state index contributed by atoms with van der Waals surface area (Å²) < 4.78 is 12.5. The smallest absolute Gasteiger partial charge is 0.340 e. The van der Waals surface area contributed by atoms with E-state index in [0.717, 1.165) is 5.56 Å². The van der Waals surface area contributed by atoms with Crippen molar-refractivity contribution in [2.45, 2.75) is 25.1 Å². The van der Waals surface area contributed by atoms with Gasteiger partial charge in [-0.15, -0.1) is 21.5 Å². The molecule has 8 nitrogen and oxygen atoms in total. The molecule has 0 fully saturated rings. The maximum Gasteiger partial charge on any atom is 0.340 e. The molecule has 0 aliphatic carbocycles. The molecule has 1 atom stereocenters. The van der Waals surface area contributed by atoms with Gasteiger partial charge in [-0.05, 0) is 49.1 Å². The molecule has 0 saturated heterocycles. The van der Waals surface area contributed by atoms with E-state index < -0.39 is 5.97 Å². The first kappa shape index (κ1) is 23.1. The van der Waals surface area contributed by atoms with Crippen LogP contribution in [-0.4, -0.2) is 39.5 Å². The zero-order valence-corrected chi connectivity index (χ0v) is 19.7. The molecule has 0 radical (unpaired) electrons. The number of rotatable bonds is 8. The van der Waals surface area contributed by atoms with Crippen LogP contribution in [0.4, 0.5) is 5.00 Å². The van der Waals surface area contributed by atoms with Crippen molar-refractivity contribution in [2.24, 2.45) is 7.05 Å². The maximum atomic E-state index is 12.3. The van der Waals surface area contributed by atoms with Crippen LogP contribution >= 0.6 is 34.7 Å². The second-order valence-corrected chi connectivity index (χ2v) is 8.86. The van der Waals surface area contributed by atoms with E-state index in [4.69, 9.17) is 21.1 Å². The number of amides is 1. The van der Waals surface area contributed by atoms with Crippen LogP contribution in [0.5, 0.6) is 5.75 Å². The van der Waals surface area contributed by atoms with Crippen LogP contribution in [0.25, 0.3) is 0 Å². The maximum absolute atomic E-state index is 12.3. The number of methoxy groups -OCH3 is 1. The fourth-order valence-corrected chi connectivity index (χ4v) is 4.50. The van der Waals surface area contributed by atoms with Gasteiger partial charge in [-0.2, -0.15) is 0 Å². The van der Waals surface area contributed by atoms with Crippen molar-refractivity contribution in [3.63, 3.8) is 0 Å². The summed E-state index contributed by atoms with van der Waals surface area (Å²) in [6, 6.07) is 7.03. The number of carbonyl (C=O) groups excluding carboxylic acids is 2. The predicted octanol–water partition coefficient (Wildman–Crippen LogP) is 4.50. The summed E-state index contributed by atoms with van der Waals surface area (Å²) in [6.07, 6.45) is -0.353. The van der Waals surface area contributed by atoms with E-state index in [1.54, 1.807) is 22.1 Å². The van der Waals surface area contributed by atoms with E-state index in [0.29, 0.717) is 32.3 Å². The SMILES string of the molecule is COC(=O)c1ccsc1NC(=O)CSc1nnc(C(C)Oc2ccc(Cl)cc2C)n1C. The molecule has 2 aromatic heterocycles. The minimum Gasteiger partial charge on any atom is -0.482 e. The molecule has 0 aliphatic heterocycles. The summed E-state index contributed by atoms with van der Waals surface area (Å²) in [5.74, 6) is 0.695. The van der Waals surface area contributed by atoms with Gasteiger partial charge in [-0.3, -0.25) is 4.79 Å². The van der Waals surface area contributed by atoms with Gasteiger partial charge in [0.2, 0.25) is 5.91 Å².